The standard InChI is InChI=1S/C44H86NO7P/c1-6-8-10-12-14-16-18-20-22-24-26-28-30-32-34-36-39-49-41-43(42-51-53(47,48)50-40-38-45(3,4)5)52-44(46)37-35-33-31-29-27-25-23-21-19-17-15-13-11-9-7-2/h7,36,39,43H,2,6,8-35,37-38,40-42H2,1,3-5H3/p+1/b39-36+/t43-/m1/s1. The lowest BCUT2D eigenvalue weighted by atomic mass is 10.0. The number of likely N-dealkylation sites (N-methyl/N-ethyl adjacent to an activating group) is 1. The number of carbonyl (C=O) groups excluding carboxylic acids is 1. The van der Waals surface area contributed by atoms with Crippen LogP contribution in [-0.4, -0.2) is 69.0 Å². The van der Waals surface area contributed by atoms with Gasteiger partial charge in [-0.3, -0.25) is 13.8 Å². The van der Waals surface area contributed by atoms with E-state index in [1.165, 1.54) is 148 Å². The van der Waals surface area contributed by atoms with Crippen molar-refractivity contribution in [1.29, 1.82) is 0 Å². The molecule has 0 spiro atoms. The van der Waals surface area contributed by atoms with Gasteiger partial charge in [-0.1, -0.05) is 167 Å². The second kappa shape index (κ2) is 37.7. The number of esters is 1. The van der Waals surface area contributed by atoms with Gasteiger partial charge in [-0.2, -0.15) is 0 Å². The van der Waals surface area contributed by atoms with Gasteiger partial charge in [0.1, 0.15) is 19.8 Å². The van der Waals surface area contributed by atoms with Crippen LogP contribution in [0.2, 0.25) is 0 Å². The number of allylic oxidation sites excluding steroid dienone is 2. The second-order valence-electron chi connectivity index (χ2n) is 16.2. The highest BCUT2D eigenvalue weighted by Gasteiger charge is 2.26. The van der Waals surface area contributed by atoms with Gasteiger partial charge in [-0.05, 0) is 38.2 Å². The molecule has 0 aromatic heterocycles. The number of rotatable bonds is 42. The van der Waals surface area contributed by atoms with E-state index in [-0.39, 0.29) is 25.8 Å². The SMILES string of the molecule is C=CCCCCCCCCCCCCCCCC(=O)O[C@H](CO/C=C/CCCCCCCCCCCCCCCC)COP(=O)(O)OCC[N+](C)(C)C. The summed E-state index contributed by atoms with van der Waals surface area (Å²) < 4.78 is 34.7. The van der Waals surface area contributed by atoms with Gasteiger partial charge < -0.3 is 18.9 Å². The van der Waals surface area contributed by atoms with Gasteiger partial charge >= 0.3 is 13.8 Å². The number of hydrogen-bond acceptors (Lipinski definition) is 6. The van der Waals surface area contributed by atoms with Crippen LogP contribution in [0.4, 0.5) is 0 Å². The summed E-state index contributed by atoms with van der Waals surface area (Å²) in [5.74, 6) is -0.336. The van der Waals surface area contributed by atoms with E-state index in [1.54, 1.807) is 6.26 Å². The van der Waals surface area contributed by atoms with E-state index >= 15 is 0 Å². The Bertz CT molecular complexity index is 891. The molecule has 0 saturated heterocycles. The monoisotopic (exact) mass is 773 g/mol. The maximum absolute atomic E-state index is 12.7. The molecule has 0 aliphatic heterocycles. The Morgan fingerprint density at radius 2 is 1.08 bits per heavy atom. The maximum Gasteiger partial charge on any atom is 0.472 e. The number of unbranched alkanes of at least 4 members (excludes halogenated alkanes) is 27. The van der Waals surface area contributed by atoms with Gasteiger partial charge in [0.15, 0.2) is 6.10 Å². The normalized spacial score (nSPS) is 13.7. The van der Waals surface area contributed by atoms with Crippen molar-refractivity contribution in [3.63, 3.8) is 0 Å². The first-order valence-corrected chi connectivity index (χ1v) is 23.6. The minimum Gasteiger partial charge on any atom is -0.498 e. The van der Waals surface area contributed by atoms with E-state index in [1.807, 2.05) is 33.3 Å². The largest absolute Gasteiger partial charge is 0.498 e. The van der Waals surface area contributed by atoms with E-state index in [9.17, 15) is 14.3 Å². The highest BCUT2D eigenvalue weighted by atomic mass is 31.2. The molecule has 0 aliphatic rings. The minimum atomic E-state index is -4.29. The molecule has 1 unspecified atom stereocenters. The van der Waals surface area contributed by atoms with Crippen LogP contribution >= 0.6 is 7.82 Å². The van der Waals surface area contributed by atoms with Crippen LogP contribution in [0.15, 0.2) is 25.0 Å². The lowest BCUT2D eigenvalue weighted by Gasteiger charge is -2.24. The average Bonchev–Trinajstić information content (AvgIpc) is 3.11. The molecule has 0 amide bonds. The second-order valence-corrected chi connectivity index (χ2v) is 17.7. The van der Waals surface area contributed by atoms with Crippen molar-refractivity contribution in [2.75, 3.05) is 47.5 Å². The van der Waals surface area contributed by atoms with Crippen LogP contribution in [0.5, 0.6) is 0 Å². The third-order valence-electron chi connectivity index (χ3n) is 9.73. The summed E-state index contributed by atoms with van der Waals surface area (Å²) in [6, 6.07) is 0. The van der Waals surface area contributed by atoms with Crippen LogP contribution in [0, 0.1) is 0 Å². The van der Waals surface area contributed by atoms with Crippen molar-refractivity contribution < 1.29 is 37.3 Å². The summed E-state index contributed by atoms with van der Waals surface area (Å²) in [4.78, 5) is 22.8. The average molecular weight is 773 g/mol. The quantitative estimate of drug-likeness (QED) is 0.0165. The third kappa shape index (κ3) is 41.8. The Hall–Kier alpha value is -1.18. The van der Waals surface area contributed by atoms with E-state index < -0.39 is 13.9 Å². The number of quaternary nitrogens is 1. The molecular weight excluding hydrogens is 685 g/mol. The summed E-state index contributed by atoms with van der Waals surface area (Å²) >= 11 is 0. The van der Waals surface area contributed by atoms with Crippen LogP contribution in [-0.2, 0) is 27.9 Å². The minimum absolute atomic E-state index is 0.0508. The van der Waals surface area contributed by atoms with Gasteiger partial charge in [0.2, 0.25) is 0 Å². The molecule has 0 heterocycles. The first-order valence-electron chi connectivity index (χ1n) is 22.1. The van der Waals surface area contributed by atoms with Crippen LogP contribution < -0.4 is 0 Å². The zero-order valence-electron chi connectivity index (χ0n) is 35.3. The summed E-state index contributed by atoms with van der Waals surface area (Å²) in [7, 11) is 1.64. The Labute approximate surface area is 328 Å². The Kier molecular flexibility index (Phi) is 36.9. The molecule has 0 aromatic rings. The number of hydrogen-bond donors (Lipinski definition) is 1. The number of phosphoric acid groups is 1. The molecule has 2 atom stereocenters. The molecule has 0 saturated carbocycles. The molecule has 53 heavy (non-hydrogen) atoms. The molecule has 314 valence electrons. The van der Waals surface area contributed by atoms with Crippen molar-refractivity contribution in [3.8, 4) is 0 Å². The first kappa shape index (κ1) is 51.8. The van der Waals surface area contributed by atoms with Gasteiger partial charge in [0.05, 0.1) is 34.0 Å². The van der Waals surface area contributed by atoms with Crippen LogP contribution in [0.1, 0.15) is 200 Å². The summed E-state index contributed by atoms with van der Waals surface area (Å²) in [5, 5.41) is 0. The molecule has 0 aliphatic carbocycles. The molecule has 0 bridgehead atoms. The van der Waals surface area contributed by atoms with Crippen molar-refractivity contribution >= 4 is 13.8 Å². The van der Waals surface area contributed by atoms with Gasteiger partial charge in [0, 0.05) is 6.42 Å². The number of phosphoric ester groups is 1. The van der Waals surface area contributed by atoms with Gasteiger partial charge in [0.25, 0.3) is 0 Å². The zero-order chi connectivity index (χ0) is 39.1. The predicted molar refractivity (Wildman–Crippen MR) is 224 cm³/mol. The fourth-order valence-electron chi connectivity index (χ4n) is 6.26. The highest BCUT2D eigenvalue weighted by Crippen LogP contribution is 2.43. The van der Waals surface area contributed by atoms with Crippen LogP contribution in [0.3, 0.4) is 0 Å². The summed E-state index contributed by atoms with van der Waals surface area (Å²) in [6.45, 7) is 6.47. The molecule has 1 N–H and O–H groups in total. The van der Waals surface area contributed by atoms with E-state index in [4.69, 9.17) is 18.5 Å². The third-order valence-corrected chi connectivity index (χ3v) is 10.7. The highest BCUT2D eigenvalue weighted by molar-refractivity contribution is 7.47. The Morgan fingerprint density at radius 3 is 1.53 bits per heavy atom. The maximum atomic E-state index is 12.7. The molecule has 8 nitrogen and oxygen atoms in total. The van der Waals surface area contributed by atoms with Crippen molar-refractivity contribution in [2.24, 2.45) is 0 Å². The van der Waals surface area contributed by atoms with Gasteiger partial charge in [-0.15, -0.1) is 6.58 Å². The molecule has 9 heteroatoms. The molecule has 0 fully saturated rings. The molecule has 0 aromatic carbocycles. The Morgan fingerprint density at radius 1 is 0.642 bits per heavy atom. The van der Waals surface area contributed by atoms with Gasteiger partial charge in [-0.25, -0.2) is 4.57 Å². The lowest BCUT2D eigenvalue weighted by molar-refractivity contribution is -0.870. The number of nitrogens with zero attached hydrogens (tertiary/aromatic N) is 1. The van der Waals surface area contributed by atoms with E-state index in [0.29, 0.717) is 17.4 Å². The lowest BCUT2D eigenvalue weighted by Crippen LogP contribution is -2.37. The summed E-state index contributed by atoms with van der Waals surface area (Å²) in [6.07, 6.45) is 41.9. The molecule has 0 radical (unpaired) electrons. The molecular formula is C44H87NO7P+. The fourth-order valence-corrected chi connectivity index (χ4v) is 7.01. The number of carbonyl (C=O) groups is 1. The van der Waals surface area contributed by atoms with Crippen molar-refractivity contribution in [2.45, 2.75) is 206 Å². The fraction of sp³-hybridized carbons (Fsp3) is 0.886. The first-order chi connectivity index (χ1) is 25.6. The smallest absolute Gasteiger partial charge is 0.472 e. The topological polar surface area (TPSA) is 91.3 Å². The van der Waals surface area contributed by atoms with Crippen molar-refractivity contribution in [3.05, 3.63) is 25.0 Å². The zero-order valence-corrected chi connectivity index (χ0v) is 36.2. The van der Waals surface area contributed by atoms with E-state index in [0.717, 1.165) is 38.5 Å². The van der Waals surface area contributed by atoms with Crippen LogP contribution in [0.25, 0.3) is 0 Å². The van der Waals surface area contributed by atoms with Crippen molar-refractivity contribution in [1.82, 2.24) is 0 Å². The molecule has 0 rings (SSSR count). The Balaban J connectivity index is 4.24. The van der Waals surface area contributed by atoms with E-state index in [2.05, 4.69) is 13.5 Å². The number of ether oxygens (including phenoxy) is 2. The summed E-state index contributed by atoms with van der Waals surface area (Å²) in [5.41, 5.74) is 0. The predicted octanol–water partition coefficient (Wildman–Crippen LogP) is 13.2.